The first kappa shape index (κ1) is 15.0. The molecule has 0 fully saturated rings. The number of aryl methyl sites for hydroxylation is 1. The number of benzene rings is 1. The minimum absolute atomic E-state index is 0.140. The summed E-state index contributed by atoms with van der Waals surface area (Å²) in [6.45, 7) is 3.49. The molecule has 0 aliphatic carbocycles. The second kappa shape index (κ2) is 5.90. The maximum atomic E-state index is 11.0. The number of ether oxygens (including phenoxy) is 1. The number of rotatable bonds is 4. The molecule has 0 aliphatic heterocycles. The van der Waals surface area contributed by atoms with Gasteiger partial charge in [0.1, 0.15) is 5.75 Å². The second-order valence-electron chi connectivity index (χ2n) is 4.29. The van der Waals surface area contributed by atoms with E-state index in [4.69, 9.17) is 4.74 Å². The molecule has 0 amide bonds. The molecule has 1 aromatic carbocycles. The molecule has 0 saturated heterocycles. The maximum Gasteiger partial charge on any atom is 0.323 e. The highest BCUT2D eigenvalue weighted by Gasteiger charge is 2.23. The van der Waals surface area contributed by atoms with Gasteiger partial charge >= 0.3 is 5.69 Å². The molecule has 1 atom stereocenters. The Hall–Kier alpha value is -1.44. The molecule has 1 heterocycles. The summed E-state index contributed by atoms with van der Waals surface area (Å²) in [5, 5.41) is 20.7. The zero-order valence-corrected chi connectivity index (χ0v) is 13.2. The van der Waals surface area contributed by atoms with Gasteiger partial charge in [-0.25, -0.2) is 0 Å². The monoisotopic (exact) mass is 357 g/mol. The topological polar surface area (TPSA) is 72.6 Å². The highest BCUT2D eigenvalue weighted by atomic mass is 79.9. The molecule has 0 aliphatic rings. The van der Waals surface area contributed by atoms with E-state index in [9.17, 15) is 15.2 Å². The first-order valence-electron chi connectivity index (χ1n) is 5.78. The van der Waals surface area contributed by atoms with Crippen molar-refractivity contribution in [1.82, 2.24) is 0 Å². The highest BCUT2D eigenvalue weighted by molar-refractivity contribution is 9.10. The van der Waals surface area contributed by atoms with E-state index in [2.05, 4.69) is 15.9 Å². The lowest BCUT2D eigenvalue weighted by atomic mass is 10.2. The summed E-state index contributed by atoms with van der Waals surface area (Å²) in [4.78, 5) is 11.0. The number of hydrogen-bond acceptors (Lipinski definition) is 5. The Morgan fingerprint density at radius 2 is 2.15 bits per heavy atom. The summed E-state index contributed by atoms with van der Waals surface area (Å²) in [5.41, 5.74) is 0.910. The van der Waals surface area contributed by atoms with E-state index in [1.165, 1.54) is 6.07 Å². The Bertz CT molecular complexity index is 654. The minimum atomic E-state index is -0.766. The van der Waals surface area contributed by atoms with Crippen molar-refractivity contribution in [2.45, 2.75) is 20.0 Å². The molecule has 0 bridgehead atoms. The van der Waals surface area contributed by atoms with E-state index < -0.39 is 11.0 Å². The number of nitro groups is 1. The molecule has 1 N–H and O–H groups in total. The van der Waals surface area contributed by atoms with E-state index >= 15 is 0 Å². The van der Waals surface area contributed by atoms with Crippen LogP contribution >= 0.6 is 27.3 Å². The van der Waals surface area contributed by atoms with Crippen molar-refractivity contribution in [2.24, 2.45) is 0 Å². The molecular formula is C13H12BrNO4S. The molecular weight excluding hydrogens is 346 g/mol. The fraction of sp³-hybridized carbons (Fsp3) is 0.231. The predicted octanol–water partition coefficient (Wildman–Crippen LogP) is 4.57. The Kier molecular flexibility index (Phi) is 4.42. The number of thiophene rings is 1. The van der Waals surface area contributed by atoms with E-state index in [0.29, 0.717) is 10.6 Å². The van der Waals surface area contributed by atoms with Crippen molar-refractivity contribution in [2.75, 3.05) is 0 Å². The van der Waals surface area contributed by atoms with Crippen LogP contribution in [0.3, 0.4) is 0 Å². The van der Waals surface area contributed by atoms with Crippen molar-refractivity contribution in [3.05, 3.63) is 49.3 Å². The lowest BCUT2D eigenvalue weighted by Gasteiger charge is -2.06. The number of halogens is 1. The smallest absolute Gasteiger partial charge is 0.323 e. The lowest BCUT2D eigenvalue weighted by Crippen LogP contribution is -1.90. The van der Waals surface area contributed by atoms with Gasteiger partial charge in [0, 0.05) is 10.9 Å². The molecule has 2 aromatic rings. The van der Waals surface area contributed by atoms with Gasteiger partial charge < -0.3 is 9.84 Å². The number of aliphatic hydroxyl groups excluding tert-OH is 1. The third kappa shape index (κ3) is 3.17. The summed E-state index contributed by atoms with van der Waals surface area (Å²) in [5.74, 6) is 0.498. The number of nitrogens with zero attached hydrogens (tertiary/aromatic N) is 1. The summed E-state index contributed by atoms with van der Waals surface area (Å²) in [6, 6.07) is 6.80. The zero-order valence-electron chi connectivity index (χ0n) is 10.8. The summed E-state index contributed by atoms with van der Waals surface area (Å²) >= 11 is 4.43. The van der Waals surface area contributed by atoms with E-state index in [0.717, 1.165) is 21.4 Å². The van der Waals surface area contributed by atoms with E-state index in [1.54, 1.807) is 13.0 Å². The SMILES string of the molecule is Cc1ccc(Oc2sc(C(C)O)cc2[N+](=O)[O-])c(Br)c1. The van der Waals surface area contributed by atoms with Gasteiger partial charge in [0.15, 0.2) is 0 Å². The Balaban J connectivity index is 2.39. The van der Waals surface area contributed by atoms with Crippen molar-refractivity contribution in [1.29, 1.82) is 0 Å². The minimum Gasteiger partial charge on any atom is -0.439 e. The van der Waals surface area contributed by atoms with Crippen LogP contribution in [0.15, 0.2) is 28.7 Å². The average Bonchev–Trinajstić information content (AvgIpc) is 2.77. The van der Waals surface area contributed by atoms with Gasteiger partial charge in [0.25, 0.3) is 5.06 Å². The van der Waals surface area contributed by atoms with Gasteiger partial charge in [0.05, 0.1) is 15.5 Å². The Labute approximate surface area is 128 Å². The van der Waals surface area contributed by atoms with E-state index in [1.807, 2.05) is 19.1 Å². The van der Waals surface area contributed by atoms with Gasteiger partial charge in [-0.2, -0.15) is 0 Å². The fourth-order valence-corrected chi connectivity index (χ4v) is 3.08. The molecule has 106 valence electrons. The molecule has 1 unspecified atom stereocenters. The van der Waals surface area contributed by atoms with Gasteiger partial charge in [-0.15, -0.1) is 0 Å². The first-order valence-corrected chi connectivity index (χ1v) is 7.39. The van der Waals surface area contributed by atoms with Crippen molar-refractivity contribution >= 4 is 33.0 Å². The van der Waals surface area contributed by atoms with Crippen molar-refractivity contribution < 1.29 is 14.8 Å². The second-order valence-corrected chi connectivity index (χ2v) is 6.19. The molecule has 0 spiro atoms. The van der Waals surface area contributed by atoms with Crippen LogP contribution < -0.4 is 4.74 Å². The molecule has 0 saturated carbocycles. The average molecular weight is 358 g/mol. The lowest BCUT2D eigenvalue weighted by molar-refractivity contribution is -0.385. The number of aliphatic hydroxyl groups is 1. The van der Waals surface area contributed by atoms with Crippen LogP contribution in [0.5, 0.6) is 10.8 Å². The van der Waals surface area contributed by atoms with Crippen LogP contribution in [0, 0.1) is 17.0 Å². The van der Waals surface area contributed by atoms with Crippen molar-refractivity contribution in [3.63, 3.8) is 0 Å². The Morgan fingerprint density at radius 3 is 2.70 bits per heavy atom. The summed E-state index contributed by atoms with van der Waals surface area (Å²) < 4.78 is 6.33. The molecule has 1 aromatic heterocycles. The standard InChI is InChI=1S/C13H12BrNO4S/c1-7-3-4-11(9(14)5-7)19-13-10(15(17)18)6-12(20-13)8(2)16/h3-6,8,16H,1-2H3. The zero-order chi connectivity index (χ0) is 14.9. The van der Waals surface area contributed by atoms with Gasteiger partial charge in [0.2, 0.25) is 0 Å². The Morgan fingerprint density at radius 1 is 1.45 bits per heavy atom. The van der Waals surface area contributed by atoms with Crippen LogP contribution in [0.4, 0.5) is 5.69 Å². The third-order valence-corrected chi connectivity index (χ3v) is 4.39. The molecule has 20 heavy (non-hydrogen) atoms. The number of hydrogen-bond donors (Lipinski definition) is 1. The molecule has 7 heteroatoms. The van der Waals surface area contributed by atoms with Crippen LogP contribution in [0.25, 0.3) is 0 Å². The van der Waals surface area contributed by atoms with Crippen molar-refractivity contribution in [3.8, 4) is 10.8 Å². The normalized spacial score (nSPS) is 12.2. The predicted molar refractivity (Wildman–Crippen MR) is 80.6 cm³/mol. The van der Waals surface area contributed by atoms with Crippen LogP contribution in [0.2, 0.25) is 0 Å². The third-order valence-electron chi connectivity index (χ3n) is 2.60. The molecule has 2 rings (SSSR count). The molecule has 0 radical (unpaired) electrons. The largest absolute Gasteiger partial charge is 0.439 e. The van der Waals surface area contributed by atoms with Crippen LogP contribution in [0.1, 0.15) is 23.5 Å². The van der Waals surface area contributed by atoms with Crippen LogP contribution in [-0.4, -0.2) is 10.0 Å². The molecule has 5 nitrogen and oxygen atoms in total. The van der Waals surface area contributed by atoms with Gasteiger partial charge in [-0.05, 0) is 47.5 Å². The van der Waals surface area contributed by atoms with E-state index in [-0.39, 0.29) is 10.8 Å². The van der Waals surface area contributed by atoms with Gasteiger partial charge in [-0.1, -0.05) is 17.4 Å². The fourth-order valence-electron chi connectivity index (χ4n) is 1.58. The summed E-state index contributed by atoms with van der Waals surface area (Å²) in [7, 11) is 0. The van der Waals surface area contributed by atoms with Crippen LogP contribution in [-0.2, 0) is 0 Å². The van der Waals surface area contributed by atoms with Gasteiger partial charge in [-0.3, -0.25) is 10.1 Å². The summed E-state index contributed by atoms with van der Waals surface area (Å²) in [6.07, 6.45) is -0.766. The maximum absolute atomic E-state index is 11.0. The quantitative estimate of drug-likeness (QED) is 0.642. The first-order chi connectivity index (χ1) is 9.38. The highest BCUT2D eigenvalue weighted by Crippen LogP contribution is 2.43.